The van der Waals surface area contributed by atoms with Gasteiger partial charge in [-0.2, -0.15) is 4.98 Å². The number of aromatic nitrogens is 3. The third-order valence-corrected chi connectivity index (χ3v) is 4.70. The smallest absolute Gasteiger partial charge is 0.406 e. The zero-order valence-electron chi connectivity index (χ0n) is 16.2. The fourth-order valence-electron chi connectivity index (χ4n) is 3.16. The molecule has 0 aliphatic carbocycles. The molecule has 1 N–H and O–H groups in total. The third kappa shape index (κ3) is 5.50. The minimum absolute atomic E-state index is 0.199. The number of carbonyl (C=O) groups excluding carboxylic acids is 1. The van der Waals surface area contributed by atoms with Crippen molar-refractivity contribution in [2.24, 2.45) is 5.92 Å². The van der Waals surface area contributed by atoms with Crippen molar-refractivity contribution in [3.8, 4) is 17.1 Å². The zero-order valence-corrected chi connectivity index (χ0v) is 16.2. The normalized spacial score (nSPS) is 14.2. The first-order valence-corrected chi connectivity index (χ1v) is 9.46. The van der Waals surface area contributed by atoms with Crippen LogP contribution < -0.4 is 10.1 Å². The van der Waals surface area contributed by atoms with Crippen LogP contribution in [0.4, 0.5) is 18.0 Å². The Labute approximate surface area is 175 Å². The second-order valence-corrected chi connectivity index (χ2v) is 7.08. The van der Waals surface area contributed by atoms with E-state index < -0.39 is 6.36 Å². The number of ether oxygens (including phenoxy) is 1. The van der Waals surface area contributed by atoms with Gasteiger partial charge in [0.2, 0.25) is 11.7 Å². The van der Waals surface area contributed by atoms with Crippen molar-refractivity contribution < 1.29 is 27.2 Å². The fourth-order valence-corrected chi connectivity index (χ4v) is 3.16. The molecule has 4 rings (SSSR count). The lowest BCUT2D eigenvalue weighted by molar-refractivity contribution is -0.274. The number of benzene rings is 1. The van der Waals surface area contributed by atoms with Gasteiger partial charge in [0.05, 0.1) is 0 Å². The van der Waals surface area contributed by atoms with Crippen LogP contribution in [0.2, 0.25) is 0 Å². The van der Waals surface area contributed by atoms with E-state index in [1.165, 1.54) is 24.3 Å². The summed E-state index contributed by atoms with van der Waals surface area (Å²) in [4.78, 5) is 22.2. The van der Waals surface area contributed by atoms with E-state index in [9.17, 15) is 18.0 Å². The summed E-state index contributed by atoms with van der Waals surface area (Å²) < 4.78 is 45.6. The van der Waals surface area contributed by atoms with Gasteiger partial charge in [0, 0.05) is 49.9 Å². The summed E-state index contributed by atoms with van der Waals surface area (Å²) in [5.41, 5.74) is 1.43. The Kier molecular flexibility index (Phi) is 5.74. The minimum Gasteiger partial charge on any atom is -0.406 e. The van der Waals surface area contributed by atoms with Gasteiger partial charge in [-0.1, -0.05) is 17.3 Å². The van der Waals surface area contributed by atoms with Crippen LogP contribution in [-0.4, -0.2) is 45.5 Å². The summed E-state index contributed by atoms with van der Waals surface area (Å²) in [5, 5.41) is 6.69. The van der Waals surface area contributed by atoms with Gasteiger partial charge in [0.25, 0.3) is 0 Å². The van der Waals surface area contributed by atoms with Gasteiger partial charge in [-0.05, 0) is 29.8 Å². The van der Waals surface area contributed by atoms with Gasteiger partial charge < -0.3 is 19.5 Å². The standard InChI is InChI=1S/C20H18F3N5O3/c21-20(22,23)30-16-5-3-13(4-6-16)9-25-19(29)28-11-14(12-28)8-17-26-18(27-31-17)15-2-1-7-24-10-15/h1-7,10,14H,8-9,11-12H2,(H,25,29). The predicted octanol–water partition coefficient (Wildman–Crippen LogP) is 3.41. The van der Waals surface area contributed by atoms with Crippen LogP contribution in [0.3, 0.4) is 0 Å². The third-order valence-electron chi connectivity index (χ3n) is 4.70. The topological polar surface area (TPSA) is 93.4 Å². The molecular formula is C20H18F3N5O3. The molecule has 0 atom stereocenters. The van der Waals surface area contributed by atoms with E-state index in [0.717, 1.165) is 5.56 Å². The summed E-state index contributed by atoms with van der Waals surface area (Å²) in [7, 11) is 0. The molecule has 1 aromatic carbocycles. The van der Waals surface area contributed by atoms with Crippen LogP contribution >= 0.6 is 0 Å². The highest BCUT2D eigenvalue weighted by Gasteiger charge is 2.32. The van der Waals surface area contributed by atoms with Crippen LogP contribution in [0.5, 0.6) is 5.75 Å². The van der Waals surface area contributed by atoms with Gasteiger partial charge in [-0.25, -0.2) is 4.79 Å². The maximum atomic E-state index is 12.2. The quantitative estimate of drug-likeness (QED) is 0.640. The second kappa shape index (κ2) is 8.62. The van der Waals surface area contributed by atoms with Crippen molar-refractivity contribution in [1.29, 1.82) is 0 Å². The van der Waals surface area contributed by atoms with Gasteiger partial charge in [0.1, 0.15) is 5.75 Å². The number of nitrogens with zero attached hydrogens (tertiary/aromatic N) is 4. The number of hydrogen-bond donors (Lipinski definition) is 1. The molecule has 0 spiro atoms. The molecule has 3 heterocycles. The van der Waals surface area contributed by atoms with Crippen molar-refractivity contribution >= 4 is 6.03 Å². The summed E-state index contributed by atoms with van der Waals surface area (Å²) in [6.45, 7) is 1.30. The Bertz CT molecular complexity index is 1020. The van der Waals surface area contributed by atoms with Gasteiger partial charge in [-0.15, -0.1) is 13.2 Å². The maximum Gasteiger partial charge on any atom is 0.573 e. The molecule has 0 radical (unpaired) electrons. The summed E-state index contributed by atoms with van der Waals surface area (Å²) in [6, 6.07) is 8.74. The van der Waals surface area contributed by atoms with Crippen LogP contribution in [0.25, 0.3) is 11.4 Å². The van der Waals surface area contributed by atoms with Crippen molar-refractivity contribution in [2.75, 3.05) is 13.1 Å². The molecule has 0 saturated carbocycles. The van der Waals surface area contributed by atoms with Crippen molar-refractivity contribution in [3.63, 3.8) is 0 Å². The maximum absolute atomic E-state index is 12.2. The molecule has 0 unspecified atom stereocenters. The Balaban J connectivity index is 1.20. The fraction of sp³-hybridized carbons (Fsp3) is 0.300. The Morgan fingerprint density at radius 3 is 2.68 bits per heavy atom. The Morgan fingerprint density at radius 2 is 2.00 bits per heavy atom. The molecule has 8 nitrogen and oxygen atoms in total. The molecule has 31 heavy (non-hydrogen) atoms. The highest BCUT2D eigenvalue weighted by atomic mass is 19.4. The van der Waals surface area contributed by atoms with E-state index in [1.54, 1.807) is 23.4 Å². The first-order valence-electron chi connectivity index (χ1n) is 9.46. The molecule has 3 aromatic rings. The number of alkyl halides is 3. The molecule has 1 fully saturated rings. The Hall–Kier alpha value is -3.63. The average molecular weight is 433 g/mol. The molecule has 11 heteroatoms. The van der Waals surface area contributed by atoms with E-state index in [0.29, 0.717) is 36.8 Å². The number of hydrogen-bond acceptors (Lipinski definition) is 6. The molecular weight excluding hydrogens is 415 g/mol. The average Bonchev–Trinajstić information content (AvgIpc) is 3.18. The molecule has 2 amide bonds. The number of pyridine rings is 1. The molecule has 1 aliphatic rings. The molecule has 2 aromatic heterocycles. The summed E-state index contributed by atoms with van der Waals surface area (Å²) >= 11 is 0. The first kappa shape index (κ1) is 20.6. The van der Waals surface area contributed by atoms with Gasteiger partial charge in [-0.3, -0.25) is 4.98 Å². The number of amides is 2. The van der Waals surface area contributed by atoms with E-state index in [2.05, 4.69) is 25.2 Å². The predicted molar refractivity (Wildman–Crippen MR) is 102 cm³/mol. The lowest BCUT2D eigenvalue weighted by atomic mass is 9.97. The van der Waals surface area contributed by atoms with Gasteiger partial charge >= 0.3 is 12.4 Å². The van der Waals surface area contributed by atoms with E-state index >= 15 is 0 Å². The number of halogens is 3. The molecule has 1 aliphatic heterocycles. The van der Waals surface area contributed by atoms with Gasteiger partial charge in [0.15, 0.2) is 0 Å². The number of carbonyl (C=O) groups is 1. The lowest BCUT2D eigenvalue weighted by Gasteiger charge is -2.38. The van der Waals surface area contributed by atoms with Crippen molar-refractivity contribution in [3.05, 3.63) is 60.2 Å². The zero-order chi connectivity index (χ0) is 21.8. The Morgan fingerprint density at radius 1 is 1.23 bits per heavy atom. The minimum atomic E-state index is -4.73. The molecule has 1 saturated heterocycles. The van der Waals surface area contributed by atoms with Crippen LogP contribution in [-0.2, 0) is 13.0 Å². The van der Waals surface area contributed by atoms with Crippen LogP contribution in [0, 0.1) is 5.92 Å². The molecule has 0 bridgehead atoms. The second-order valence-electron chi connectivity index (χ2n) is 7.08. The van der Waals surface area contributed by atoms with Crippen molar-refractivity contribution in [1.82, 2.24) is 25.3 Å². The summed E-state index contributed by atoms with van der Waals surface area (Å²) in [5.74, 6) is 0.890. The first-order chi connectivity index (χ1) is 14.9. The number of urea groups is 1. The van der Waals surface area contributed by atoms with Crippen LogP contribution in [0.1, 0.15) is 11.5 Å². The van der Waals surface area contributed by atoms with Crippen molar-refractivity contribution in [2.45, 2.75) is 19.3 Å². The van der Waals surface area contributed by atoms with Crippen LogP contribution in [0.15, 0.2) is 53.3 Å². The highest BCUT2D eigenvalue weighted by Crippen LogP contribution is 2.23. The monoisotopic (exact) mass is 433 g/mol. The number of likely N-dealkylation sites (tertiary alicyclic amines) is 1. The number of nitrogens with one attached hydrogen (secondary N) is 1. The van der Waals surface area contributed by atoms with E-state index in [1.807, 2.05) is 6.07 Å². The number of rotatable bonds is 6. The van der Waals surface area contributed by atoms with E-state index in [4.69, 9.17) is 4.52 Å². The molecule has 162 valence electrons. The van der Waals surface area contributed by atoms with E-state index in [-0.39, 0.29) is 24.2 Å². The largest absolute Gasteiger partial charge is 0.573 e. The lowest BCUT2D eigenvalue weighted by Crippen LogP contribution is -2.54. The SMILES string of the molecule is O=C(NCc1ccc(OC(F)(F)F)cc1)N1CC(Cc2nc(-c3cccnc3)no2)C1. The highest BCUT2D eigenvalue weighted by molar-refractivity contribution is 5.75. The summed E-state index contributed by atoms with van der Waals surface area (Å²) in [6.07, 6.45) is -0.847.